The minimum atomic E-state index is 0.153. The van der Waals surface area contributed by atoms with Gasteiger partial charge in [-0.15, -0.1) is 0 Å². The molecule has 1 N–H and O–H groups in total. The summed E-state index contributed by atoms with van der Waals surface area (Å²) in [5.74, 6) is 1.84. The van der Waals surface area contributed by atoms with E-state index in [4.69, 9.17) is 4.74 Å². The summed E-state index contributed by atoms with van der Waals surface area (Å²) in [5, 5.41) is 2.99. The zero-order valence-electron chi connectivity index (χ0n) is 13.5. The van der Waals surface area contributed by atoms with Crippen molar-refractivity contribution < 1.29 is 9.53 Å². The molecule has 3 rings (SSSR count). The molecule has 1 heterocycles. The van der Waals surface area contributed by atoms with E-state index in [1.54, 1.807) is 0 Å². The van der Waals surface area contributed by atoms with E-state index >= 15 is 0 Å². The molecule has 2 aliphatic rings. The number of benzene rings is 1. The number of fused-ring (bicyclic) bond motifs is 3. The molecule has 116 valence electrons. The van der Waals surface area contributed by atoms with E-state index < -0.39 is 0 Å². The van der Waals surface area contributed by atoms with Crippen molar-refractivity contribution in [1.29, 1.82) is 0 Å². The van der Waals surface area contributed by atoms with Crippen molar-refractivity contribution in [2.24, 2.45) is 0 Å². The van der Waals surface area contributed by atoms with Crippen LogP contribution in [-0.2, 0) is 17.6 Å². The Balaban J connectivity index is 0.000000774. The first-order valence-electron chi connectivity index (χ1n) is 8.33. The third-order valence-corrected chi connectivity index (χ3v) is 4.32. The summed E-state index contributed by atoms with van der Waals surface area (Å²) in [6.07, 6.45) is 5.07. The molecule has 21 heavy (non-hydrogen) atoms. The molecule has 1 aliphatic heterocycles. The van der Waals surface area contributed by atoms with E-state index in [-0.39, 0.29) is 5.91 Å². The highest BCUT2D eigenvalue weighted by atomic mass is 16.5. The molecular formula is C18H27NO2. The third-order valence-electron chi connectivity index (χ3n) is 4.32. The smallest absolute Gasteiger partial charge is 0.219 e. The molecule has 3 heteroatoms. The van der Waals surface area contributed by atoms with Gasteiger partial charge in [-0.2, -0.15) is 0 Å². The van der Waals surface area contributed by atoms with Gasteiger partial charge in [-0.1, -0.05) is 26.8 Å². The predicted octanol–water partition coefficient (Wildman–Crippen LogP) is 3.59. The number of amides is 1. The van der Waals surface area contributed by atoms with Crippen LogP contribution in [0, 0.1) is 0 Å². The summed E-state index contributed by atoms with van der Waals surface area (Å²) in [6, 6.07) is 4.35. The second-order valence-electron chi connectivity index (χ2n) is 5.44. The fraction of sp³-hybridized carbons (Fsp3) is 0.611. The Bertz CT molecular complexity index is 496. The van der Waals surface area contributed by atoms with E-state index in [1.165, 1.54) is 29.5 Å². The molecule has 3 nitrogen and oxygen atoms in total. The van der Waals surface area contributed by atoms with Gasteiger partial charge in [0, 0.05) is 24.9 Å². The predicted molar refractivity (Wildman–Crippen MR) is 86.0 cm³/mol. The second-order valence-corrected chi connectivity index (χ2v) is 5.44. The fourth-order valence-electron chi connectivity index (χ4n) is 3.35. The molecule has 1 aromatic rings. The van der Waals surface area contributed by atoms with Crippen molar-refractivity contribution in [1.82, 2.24) is 5.32 Å². The van der Waals surface area contributed by atoms with Crippen molar-refractivity contribution >= 4 is 5.91 Å². The van der Waals surface area contributed by atoms with E-state index in [0.29, 0.717) is 12.3 Å². The summed E-state index contributed by atoms with van der Waals surface area (Å²) in [4.78, 5) is 11.3. The highest BCUT2D eigenvalue weighted by Crippen LogP contribution is 2.42. The monoisotopic (exact) mass is 289 g/mol. The SMILES string of the molecule is CC.CCC(=O)NCCC1CCc2ccc3c(c21)CCO3. The van der Waals surface area contributed by atoms with Crippen molar-refractivity contribution in [2.45, 2.75) is 58.8 Å². The first-order valence-corrected chi connectivity index (χ1v) is 8.33. The Hall–Kier alpha value is -1.51. The van der Waals surface area contributed by atoms with Crippen LogP contribution in [0.4, 0.5) is 0 Å². The van der Waals surface area contributed by atoms with E-state index in [9.17, 15) is 4.79 Å². The fourth-order valence-corrected chi connectivity index (χ4v) is 3.35. The topological polar surface area (TPSA) is 38.3 Å². The number of carbonyl (C=O) groups excluding carboxylic acids is 1. The van der Waals surface area contributed by atoms with Crippen molar-refractivity contribution in [2.75, 3.05) is 13.2 Å². The van der Waals surface area contributed by atoms with Crippen LogP contribution < -0.4 is 10.1 Å². The van der Waals surface area contributed by atoms with Gasteiger partial charge in [0.15, 0.2) is 0 Å². The van der Waals surface area contributed by atoms with Crippen LogP contribution >= 0.6 is 0 Å². The van der Waals surface area contributed by atoms with Crippen molar-refractivity contribution in [3.8, 4) is 5.75 Å². The molecule has 1 atom stereocenters. The largest absolute Gasteiger partial charge is 0.493 e. The van der Waals surface area contributed by atoms with Gasteiger partial charge in [-0.25, -0.2) is 0 Å². The second kappa shape index (κ2) is 7.48. The van der Waals surface area contributed by atoms with Gasteiger partial charge in [-0.3, -0.25) is 4.79 Å². The van der Waals surface area contributed by atoms with Crippen LogP contribution in [0.3, 0.4) is 0 Å². The van der Waals surface area contributed by atoms with Crippen LogP contribution in [0.15, 0.2) is 12.1 Å². The van der Waals surface area contributed by atoms with Crippen LogP contribution in [0.25, 0.3) is 0 Å². The number of hydrogen-bond donors (Lipinski definition) is 1. The average molecular weight is 289 g/mol. The quantitative estimate of drug-likeness (QED) is 0.920. The zero-order chi connectivity index (χ0) is 15.2. The normalized spacial score (nSPS) is 18.1. The van der Waals surface area contributed by atoms with Crippen LogP contribution in [-0.4, -0.2) is 19.1 Å². The van der Waals surface area contributed by atoms with Crippen molar-refractivity contribution in [3.05, 3.63) is 28.8 Å². The minimum absolute atomic E-state index is 0.153. The van der Waals surface area contributed by atoms with Gasteiger partial charge in [0.2, 0.25) is 5.91 Å². The molecule has 0 spiro atoms. The molecule has 1 aliphatic carbocycles. The van der Waals surface area contributed by atoms with E-state index in [0.717, 1.165) is 31.7 Å². The zero-order valence-corrected chi connectivity index (χ0v) is 13.5. The maximum atomic E-state index is 11.3. The van der Waals surface area contributed by atoms with E-state index in [2.05, 4.69) is 17.4 Å². The Labute approximate surface area is 128 Å². The molecule has 1 amide bonds. The molecular weight excluding hydrogens is 262 g/mol. The third kappa shape index (κ3) is 3.39. The Morgan fingerprint density at radius 1 is 1.33 bits per heavy atom. The lowest BCUT2D eigenvalue weighted by atomic mass is 9.92. The van der Waals surface area contributed by atoms with Gasteiger partial charge in [0.05, 0.1) is 6.61 Å². The summed E-state index contributed by atoms with van der Waals surface area (Å²) < 4.78 is 5.66. The number of aryl methyl sites for hydroxylation is 1. The number of rotatable bonds is 4. The molecule has 0 radical (unpaired) electrons. The van der Waals surface area contributed by atoms with Crippen LogP contribution in [0.1, 0.15) is 62.6 Å². The maximum Gasteiger partial charge on any atom is 0.219 e. The molecule has 1 aromatic carbocycles. The molecule has 0 fully saturated rings. The Morgan fingerprint density at radius 2 is 2.14 bits per heavy atom. The van der Waals surface area contributed by atoms with Gasteiger partial charge >= 0.3 is 0 Å². The number of ether oxygens (including phenoxy) is 1. The minimum Gasteiger partial charge on any atom is -0.493 e. The molecule has 0 aromatic heterocycles. The Morgan fingerprint density at radius 3 is 2.90 bits per heavy atom. The summed E-state index contributed by atoms with van der Waals surface area (Å²) in [6.45, 7) is 7.51. The molecule has 0 saturated carbocycles. The highest BCUT2D eigenvalue weighted by Gasteiger charge is 2.29. The van der Waals surface area contributed by atoms with Gasteiger partial charge in [0.1, 0.15) is 5.75 Å². The summed E-state index contributed by atoms with van der Waals surface area (Å²) in [5.41, 5.74) is 4.46. The van der Waals surface area contributed by atoms with Crippen LogP contribution in [0.5, 0.6) is 5.75 Å². The van der Waals surface area contributed by atoms with Crippen LogP contribution in [0.2, 0.25) is 0 Å². The summed E-state index contributed by atoms with van der Waals surface area (Å²) in [7, 11) is 0. The first kappa shape index (κ1) is 15.9. The first-order chi connectivity index (χ1) is 10.3. The molecule has 0 saturated heterocycles. The van der Waals surface area contributed by atoms with Gasteiger partial charge in [-0.05, 0) is 42.4 Å². The number of hydrogen-bond acceptors (Lipinski definition) is 2. The summed E-state index contributed by atoms with van der Waals surface area (Å²) >= 11 is 0. The number of carbonyl (C=O) groups is 1. The number of nitrogens with one attached hydrogen (secondary N) is 1. The molecule has 1 unspecified atom stereocenters. The van der Waals surface area contributed by atoms with Gasteiger partial charge in [0.25, 0.3) is 0 Å². The van der Waals surface area contributed by atoms with Crippen molar-refractivity contribution in [3.63, 3.8) is 0 Å². The standard InChI is InChI=1S/C16H21NO2.C2H6/c1-2-15(18)17-9-7-12-4-3-11-5-6-14-13(16(11)12)8-10-19-14;1-2/h5-6,12H,2-4,7-10H2,1H3,(H,17,18);1-2H3. The van der Waals surface area contributed by atoms with Gasteiger partial charge < -0.3 is 10.1 Å². The lowest BCUT2D eigenvalue weighted by Gasteiger charge is -2.15. The maximum absolute atomic E-state index is 11.3. The lowest BCUT2D eigenvalue weighted by molar-refractivity contribution is -0.120. The molecule has 0 bridgehead atoms. The highest BCUT2D eigenvalue weighted by molar-refractivity contribution is 5.75. The lowest BCUT2D eigenvalue weighted by Crippen LogP contribution is -2.24. The van der Waals surface area contributed by atoms with E-state index in [1.807, 2.05) is 20.8 Å². The Kier molecular flexibility index (Phi) is 5.66. The average Bonchev–Trinajstić information content (AvgIpc) is 3.14.